The van der Waals surface area contributed by atoms with Crippen molar-refractivity contribution in [3.05, 3.63) is 11.8 Å². The molecule has 110 valence electrons. The van der Waals surface area contributed by atoms with Gasteiger partial charge in [-0.3, -0.25) is 9.59 Å². The lowest BCUT2D eigenvalue weighted by Gasteiger charge is -2.04. The fraction of sp³-hybridized carbons (Fsp3) is 0.714. The molecule has 0 spiro atoms. The summed E-state index contributed by atoms with van der Waals surface area (Å²) in [6.07, 6.45) is 5.28. The zero-order valence-corrected chi connectivity index (χ0v) is 11.9. The zero-order valence-electron chi connectivity index (χ0n) is 11.9. The zero-order chi connectivity index (χ0) is 14.5. The average molecular weight is 271 g/mol. The maximum absolute atomic E-state index is 11.3. The molecule has 0 aromatic carbocycles. The van der Waals surface area contributed by atoms with Crippen LogP contribution in [0.1, 0.15) is 52.4 Å². The first-order valence-electron chi connectivity index (χ1n) is 6.85. The molecule has 0 rings (SSSR count). The summed E-state index contributed by atoms with van der Waals surface area (Å²) in [4.78, 5) is 22.6. The molecular formula is C14H25NO4. The number of esters is 2. The Kier molecular flexibility index (Phi) is 10.6. The summed E-state index contributed by atoms with van der Waals surface area (Å²) in [7, 11) is 0. The van der Waals surface area contributed by atoms with Gasteiger partial charge in [0.05, 0.1) is 26.1 Å². The van der Waals surface area contributed by atoms with Gasteiger partial charge >= 0.3 is 11.9 Å². The minimum atomic E-state index is -0.360. The van der Waals surface area contributed by atoms with Gasteiger partial charge in [-0.25, -0.2) is 0 Å². The Labute approximate surface area is 115 Å². The van der Waals surface area contributed by atoms with Crippen LogP contribution in [0.2, 0.25) is 0 Å². The standard InChI is InChI=1S/C14H25NO4/c1-3-5-9-18-13(16)8-7-12(15)11-14(17)19-10-6-4-2/h7H,3-6,8-11,15H2,1-2H3. The molecule has 0 aliphatic rings. The molecule has 0 unspecified atom stereocenters. The molecule has 0 saturated carbocycles. The Morgan fingerprint density at radius 2 is 1.53 bits per heavy atom. The average Bonchev–Trinajstić information content (AvgIpc) is 2.37. The van der Waals surface area contributed by atoms with E-state index in [0.29, 0.717) is 18.9 Å². The van der Waals surface area contributed by atoms with E-state index in [0.717, 1.165) is 25.7 Å². The Bertz CT molecular complexity index is 300. The van der Waals surface area contributed by atoms with Crippen molar-refractivity contribution in [1.29, 1.82) is 0 Å². The van der Waals surface area contributed by atoms with Crippen LogP contribution in [0, 0.1) is 0 Å². The van der Waals surface area contributed by atoms with Gasteiger partial charge < -0.3 is 15.2 Å². The van der Waals surface area contributed by atoms with Crippen molar-refractivity contribution in [3.8, 4) is 0 Å². The van der Waals surface area contributed by atoms with Crippen molar-refractivity contribution in [2.24, 2.45) is 5.73 Å². The summed E-state index contributed by atoms with van der Waals surface area (Å²) >= 11 is 0. The second-order valence-corrected chi connectivity index (χ2v) is 4.31. The van der Waals surface area contributed by atoms with Gasteiger partial charge in [0.25, 0.3) is 0 Å². The van der Waals surface area contributed by atoms with Crippen LogP contribution >= 0.6 is 0 Å². The van der Waals surface area contributed by atoms with Gasteiger partial charge in [-0.15, -0.1) is 0 Å². The van der Waals surface area contributed by atoms with E-state index in [1.807, 2.05) is 13.8 Å². The number of nitrogens with two attached hydrogens (primary N) is 1. The lowest BCUT2D eigenvalue weighted by molar-refractivity contribution is -0.144. The number of rotatable bonds is 10. The normalized spacial score (nSPS) is 11.2. The van der Waals surface area contributed by atoms with Crippen LogP contribution in [0.15, 0.2) is 11.8 Å². The summed E-state index contributed by atoms with van der Waals surface area (Å²) in [5.74, 6) is -0.683. The van der Waals surface area contributed by atoms with Gasteiger partial charge in [-0.05, 0) is 12.8 Å². The lowest BCUT2D eigenvalue weighted by Crippen LogP contribution is -2.11. The van der Waals surface area contributed by atoms with Crippen molar-refractivity contribution in [1.82, 2.24) is 0 Å². The van der Waals surface area contributed by atoms with E-state index < -0.39 is 0 Å². The minimum absolute atomic E-state index is 0.0198. The van der Waals surface area contributed by atoms with Crippen LogP contribution in [-0.4, -0.2) is 25.2 Å². The predicted molar refractivity (Wildman–Crippen MR) is 73.2 cm³/mol. The monoisotopic (exact) mass is 271 g/mol. The quantitative estimate of drug-likeness (QED) is 0.487. The van der Waals surface area contributed by atoms with Gasteiger partial charge in [0.2, 0.25) is 0 Å². The molecule has 0 amide bonds. The molecule has 0 bridgehead atoms. The molecule has 5 nitrogen and oxygen atoms in total. The lowest BCUT2D eigenvalue weighted by atomic mass is 10.2. The summed E-state index contributed by atoms with van der Waals surface area (Å²) in [6.45, 7) is 4.89. The van der Waals surface area contributed by atoms with E-state index in [9.17, 15) is 9.59 Å². The number of hydrogen-bond donors (Lipinski definition) is 1. The summed E-state index contributed by atoms with van der Waals surface area (Å²) in [6, 6.07) is 0. The number of carbonyl (C=O) groups excluding carboxylic acids is 2. The SMILES string of the molecule is CCCCOC(=O)CC=C(N)CC(=O)OCCCC. The first-order chi connectivity index (χ1) is 9.10. The fourth-order valence-corrected chi connectivity index (χ4v) is 1.22. The van der Waals surface area contributed by atoms with E-state index in [4.69, 9.17) is 15.2 Å². The molecule has 5 heteroatoms. The Hall–Kier alpha value is -1.52. The smallest absolute Gasteiger partial charge is 0.311 e. The molecule has 0 aliphatic heterocycles. The van der Waals surface area contributed by atoms with Crippen LogP contribution in [0.3, 0.4) is 0 Å². The maximum Gasteiger partial charge on any atom is 0.311 e. The van der Waals surface area contributed by atoms with E-state index in [2.05, 4.69) is 0 Å². The highest BCUT2D eigenvalue weighted by atomic mass is 16.5. The third kappa shape index (κ3) is 11.3. The molecule has 0 fully saturated rings. The van der Waals surface area contributed by atoms with Gasteiger partial charge in [0, 0.05) is 5.70 Å². The van der Waals surface area contributed by atoms with E-state index in [1.165, 1.54) is 6.08 Å². The molecule has 0 radical (unpaired) electrons. The summed E-state index contributed by atoms with van der Waals surface area (Å²) in [5.41, 5.74) is 5.98. The second-order valence-electron chi connectivity index (χ2n) is 4.31. The molecule has 0 heterocycles. The number of ether oxygens (including phenoxy) is 2. The second kappa shape index (κ2) is 11.6. The van der Waals surface area contributed by atoms with Crippen molar-refractivity contribution in [2.75, 3.05) is 13.2 Å². The predicted octanol–water partition coefficient (Wildman–Crippen LogP) is 2.30. The third-order valence-corrected chi connectivity index (χ3v) is 2.40. The molecular weight excluding hydrogens is 246 g/mol. The van der Waals surface area contributed by atoms with Crippen LogP contribution < -0.4 is 5.73 Å². The Morgan fingerprint density at radius 1 is 1.00 bits per heavy atom. The van der Waals surface area contributed by atoms with Crippen molar-refractivity contribution >= 4 is 11.9 Å². The summed E-state index contributed by atoms with van der Waals surface area (Å²) < 4.78 is 9.93. The number of hydrogen-bond acceptors (Lipinski definition) is 5. The highest BCUT2D eigenvalue weighted by Crippen LogP contribution is 2.01. The van der Waals surface area contributed by atoms with E-state index in [-0.39, 0.29) is 24.8 Å². The van der Waals surface area contributed by atoms with Crippen LogP contribution in [0.25, 0.3) is 0 Å². The van der Waals surface area contributed by atoms with Crippen molar-refractivity contribution < 1.29 is 19.1 Å². The van der Waals surface area contributed by atoms with Crippen LogP contribution in [0.5, 0.6) is 0 Å². The maximum atomic E-state index is 11.3. The number of unbranched alkanes of at least 4 members (excludes halogenated alkanes) is 2. The molecule has 19 heavy (non-hydrogen) atoms. The Balaban J connectivity index is 3.80. The van der Waals surface area contributed by atoms with Gasteiger partial charge in [-0.2, -0.15) is 0 Å². The fourth-order valence-electron chi connectivity index (χ4n) is 1.22. The van der Waals surface area contributed by atoms with E-state index in [1.54, 1.807) is 0 Å². The first kappa shape index (κ1) is 17.5. The molecule has 0 aromatic rings. The highest BCUT2D eigenvalue weighted by molar-refractivity contribution is 5.74. The third-order valence-electron chi connectivity index (χ3n) is 2.40. The molecule has 2 N–H and O–H groups in total. The molecule has 0 atom stereocenters. The summed E-state index contributed by atoms with van der Waals surface area (Å²) in [5, 5.41) is 0. The molecule has 0 aliphatic carbocycles. The Morgan fingerprint density at radius 3 is 2.05 bits per heavy atom. The number of carbonyl (C=O) groups is 2. The van der Waals surface area contributed by atoms with Crippen molar-refractivity contribution in [2.45, 2.75) is 52.4 Å². The topological polar surface area (TPSA) is 78.6 Å². The van der Waals surface area contributed by atoms with E-state index >= 15 is 0 Å². The van der Waals surface area contributed by atoms with Crippen LogP contribution in [0.4, 0.5) is 0 Å². The largest absolute Gasteiger partial charge is 0.465 e. The molecule has 0 aromatic heterocycles. The van der Waals surface area contributed by atoms with Gasteiger partial charge in [-0.1, -0.05) is 32.8 Å². The molecule has 0 saturated heterocycles. The van der Waals surface area contributed by atoms with Gasteiger partial charge in [0.1, 0.15) is 0 Å². The van der Waals surface area contributed by atoms with Crippen LogP contribution in [-0.2, 0) is 19.1 Å². The van der Waals surface area contributed by atoms with Crippen molar-refractivity contribution in [3.63, 3.8) is 0 Å². The highest BCUT2D eigenvalue weighted by Gasteiger charge is 2.06. The minimum Gasteiger partial charge on any atom is -0.465 e. The first-order valence-corrected chi connectivity index (χ1v) is 6.85. The van der Waals surface area contributed by atoms with Gasteiger partial charge in [0.15, 0.2) is 0 Å².